The van der Waals surface area contributed by atoms with Crippen molar-refractivity contribution in [3.63, 3.8) is 0 Å². The number of nitrogens with two attached hydrogens (primary N) is 1. The molecular formula is C10H11N5O3S. The summed E-state index contributed by atoms with van der Waals surface area (Å²) < 4.78 is 1.71. The number of aliphatic hydroxyl groups is 1. The van der Waals surface area contributed by atoms with E-state index in [0.717, 1.165) is 0 Å². The van der Waals surface area contributed by atoms with Crippen LogP contribution in [0.2, 0.25) is 0 Å². The molecule has 0 bridgehead atoms. The average molecular weight is 281 g/mol. The minimum atomic E-state index is -0.582. The minimum absolute atomic E-state index is 0.111. The summed E-state index contributed by atoms with van der Waals surface area (Å²) in [6, 6.07) is 2.81. The van der Waals surface area contributed by atoms with Gasteiger partial charge in [0.05, 0.1) is 23.4 Å². The van der Waals surface area contributed by atoms with Gasteiger partial charge in [0.1, 0.15) is 5.03 Å². The third-order valence-electron chi connectivity index (χ3n) is 2.47. The van der Waals surface area contributed by atoms with Crippen molar-refractivity contribution in [1.29, 1.82) is 0 Å². The second-order valence-electron chi connectivity index (χ2n) is 3.66. The summed E-state index contributed by atoms with van der Waals surface area (Å²) >= 11 is 1.21. The van der Waals surface area contributed by atoms with Gasteiger partial charge in [-0.25, -0.2) is 9.97 Å². The van der Waals surface area contributed by atoms with Crippen LogP contribution < -0.4 is 5.73 Å². The minimum Gasteiger partial charge on any atom is -0.390 e. The third-order valence-corrected chi connectivity index (χ3v) is 3.47. The summed E-state index contributed by atoms with van der Waals surface area (Å²) in [4.78, 5) is 18.1. The standard InChI is InChI=1S/C10H11N5O3S/c1-14-6(5-16)4-12-10(14)19-8-3-2-7(15(17)18)9(11)13-8/h2-4,16H,5H2,1H3,(H2,11,13). The van der Waals surface area contributed by atoms with Gasteiger partial charge in [-0.1, -0.05) is 0 Å². The summed E-state index contributed by atoms with van der Waals surface area (Å²) in [5, 5.41) is 20.8. The first-order valence-corrected chi connectivity index (χ1v) is 6.04. The average Bonchev–Trinajstić information content (AvgIpc) is 2.70. The van der Waals surface area contributed by atoms with E-state index >= 15 is 0 Å². The Morgan fingerprint density at radius 3 is 2.84 bits per heavy atom. The molecule has 2 rings (SSSR count). The Morgan fingerprint density at radius 1 is 1.58 bits per heavy atom. The molecule has 0 saturated heterocycles. The van der Waals surface area contributed by atoms with E-state index in [1.165, 1.54) is 23.9 Å². The number of anilines is 1. The first kappa shape index (κ1) is 13.3. The Labute approximate surface area is 112 Å². The summed E-state index contributed by atoms with van der Waals surface area (Å²) in [7, 11) is 1.76. The number of aliphatic hydroxyl groups excluding tert-OH is 1. The van der Waals surface area contributed by atoms with E-state index in [0.29, 0.717) is 15.9 Å². The van der Waals surface area contributed by atoms with Crippen molar-refractivity contribution in [2.75, 3.05) is 5.73 Å². The lowest BCUT2D eigenvalue weighted by atomic mass is 10.4. The number of rotatable bonds is 4. The number of nitro groups is 1. The molecule has 0 spiro atoms. The molecule has 0 saturated carbocycles. The van der Waals surface area contributed by atoms with E-state index in [-0.39, 0.29) is 18.1 Å². The summed E-state index contributed by atoms with van der Waals surface area (Å²) in [5.74, 6) is -0.133. The molecule has 0 aliphatic rings. The van der Waals surface area contributed by atoms with Crippen LogP contribution in [0.1, 0.15) is 5.69 Å². The highest BCUT2D eigenvalue weighted by atomic mass is 32.2. The lowest BCUT2D eigenvalue weighted by Crippen LogP contribution is -2.00. The number of hydrogen-bond acceptors (Lipinski definition) is 7. The fraction of sp³-hybridized carbons (Fsp3) is 0.200. The highest BCUT2D eigenvalue weighted by molar-refractivity contribution is 7.99. The number of nitrogens with zero attached hydrogens (tertiary/aromatic N) is 4. The number of nitrogen functional groups attached to an aromatic ring is 1. The first-order valence-electron chi connectivity index (χ1n) is 5.23. The molecule has 0 atom stereocenters. The van der Waals surface area contributed by atoms with Gasteiger partial charge in [0.25, 0.3) is 0 Å². The van der Waals surface area contributed by atoms with Crippen LogP contribution in [-0.2, 0) is 13.7 Å². The van der Waals surface area contributed by atoms with Crippen molar-refractivity contribution < 1.29 is 10.0 Å². The van der Waals surface area contributed by atoms with E-state index in [1.54, 1.807) is 17.8 Å². The number of imidazole rings is 1. The van der Waals surface area contributed by atoms with Crippen molar-refractivity contribution in [2.24, 2.45) is 7.05 Å². The fourth-order valence-corrected chi connectivity index (χ4v) is 2.25. The summed E-state index contributed by atoms with van der Waals surface area (Å²) in [6.07, 6.45) is 1.55. The maximum absolute atomic E-state index is 10.6. The Balaban J connectivity index is 2.26. The van der Waals surface area contributed by atoms with Crippen LogP contribution >= 0.6 is 11.8 Å². The van der Waals surface area contributed by atoms with Crippen LogP contribution in [0, 0.1) is 10.1 Å². The van der Waals surface area contributed by atoms with Crippen molar-refractivity contribution in [3.8, 4) is 0 Å². The molecule has 8 nitrogen and oxygen atoms in total. The predicted octanol–water partition coefficient (Wildman–Crippen LogP) is 0.949. The van der Waals surface area contributed by atoms with Crippen LogP contribution in [0.5, 0.6) is 0 Å². The SMILES string of the molecule is Cn1c(CO)cnc1Sc1ccc([N+](=O)[O-])c(N)n1. The molecule has 2 aromatic heterocycles. The predicted molar refractivity (Wildman–Crippen MR) is 68.6 cm³/mol. The normalized spacial score (nSPS) is 10.6. The quantitative estimate of drug-likeness (QED) is 0.632. The molecule has 0 aromatic carbocycles. The van der Waals surface area contributed by atoms with Gasteiger partial charge in [0, 0.05) is 13.1 Å². The Morgan fingerprint density at radius 2 is 2.32 bits per heavy atom. The van der Waals surface area contributed by atoms with Gasteiger partial charge in [-0.05, 0) is 17.8 Å². The summed E-state index contributed by atoms with van der Waals surface area (Å²) in [6.45, 7) is -0.111. The van der Waals surface area contributed by atoms with Gasteiger partial charge < -0.3 is 15.4 Å². The molecule has 19 heavy (non-hydrogen) atoms. The first-order chi connectivity index (χ1) is 9.02. The number of pyridine rings is 1. The van der Waals surface area contributed by atoms with Crippen LogP contribution in [0.4, 0.5) is 11.5 Å². The van der Waals surface area contributed by atoms with Crippen LogP contribution in [0.25, 0.3) is 0 Å². The van der Waals surface area contributed by atoms with E-state index in [4.69, 9.17) is 10.8 Å². The smallest absolute Gasteiger partial charge is 0.311 e. The molecule has 0 aliphatic heterocycles. The molecule has 2 heterocycles. The largest absolute Gasteiger partial charge is 0.390 e. The van der Waals surface area contributed by atoms with Gasteiger partial charge in [-0.3, -0.25) is 10.1 Å². The molecule has 0 aliphatic carbocycles. The van der Waals surface area contributed by atoms with E-state index in [1.807, 2.05) is 0 Å². The van der Waals surface area contributed by atoms with E-state index < -0.39 is 4.92 Å². The zero-order valence-electron chi connectivity index (χ0n) is 9.98. The molecule has 9 heteroatoms. The third kappa shape index (κ3) is 2.66. The van der Waals surface area contributed by atoms with E-state index in [2.05, 4.69) is 9.97 Å². The maximum atomic E-state index is 10.6. The molecule has 100 valence electrons. The van der Waals surface area contributed by atoms with Crippen molar-refractivity contribution in [2.45, 2.75) is 16.8 Å². The van der Waals surface area contributed by atoms with E-state index in [9.17, 15) is 10.1 Å². The van der Waals surface area contributed by atoms with Gasteiger partial charge in [0.15, 0.2) is 5.16 Å². The van der Waals surface area contributed by atoms with Crippen LogP contribution in [-0.4, -0.2) is 24.6 Å². The molecule has 0 amide bonds. The monoisotopic (exact) mass is 281 g/mol. The second-order valence-corrected chi connectivity index (χ2v) is 4.65. The van der Waals surface area contributed by atoms with Crippen molar-refractivity contribution >= 4 is 23.3 Å². The fourth-order valence-electron chi connectivity index (χ4n) is 1.42. The lowest BCUT2D eigenvalue weighted by molar-refractivity contribution is -0.384. The Kier molecular flexibility index (Phi) is 3.67. The highest BCUT2D eigenvalue weighted by Crippen LogP contribution is 2.28. The van der Waals surface area contributed by atoms with Crippen LogP contribution in [0.15, 0.2) is 28.5 Å². The molecule has 2 aromatic rings. The van der Waals surface area contributed by atoms with Crippen molar-refractivity contribution in [3.05, 3.63) is 34.1 Å². The second kappa shape index (κ2) is 5.24. The topological polar surface area (TPSA) is 120 Å². The lowest BCUT2D eigenvalue weighted by Gasteiger charge is -2.04. The zero-order valence-corrected chi connectivity index (χ0v) is 10.8. The number of aromatic nitrogens is 3. The molecule has 3 N–H and O–H groups in total. The maximum Gasteiger partial charge on any atom is 0.311 e. The Bertz CT molecular complexity index is 628. The Hall–Kier alpha value is -2.13. The van der Waals surface area contributed by atoms with Crippen LogP contribution in [0.3, 0.4) is 0 Å². The van der Waals surface area contributed by atoms with Gasteiger partial charge in [-0.15, -0.1) is 0 Å². The number of hydrogen-bond donors (Lipinski definition) is 2. The molecular weight excluding hydrogens is 270 g/mol. The van der Waals surface area contributed by atoms with Gasteiger partial charge in [-0.2, -0.15) is 0 Å². The van der Waals surface area contributed by atoms with Gasteiger partial charge >= 0.3 is 5.69 Å². The van der Waals surface area contributed by atoms with Crippen molar-refractivity contribution in [1.82, 2.24) is 14.5 Å². The molecule has 0 fully saturated rings. The van der Waals surface area contributed by atoms with Gasteiger partial charge in [0.2, 0.25) is 5.82 Å². The highest BCUT2D eigenvalue weighted by Gasteiger charge is 2.15. The molecule has 0 radical (unpaired) electrons. The molecule has 0 unspecified atom stereocenters. The zero-order chi connectivity index (χ0) is 14.0. The summed E-state index contributed by atoms with van der Waals surface area (Å²) in [5.41, 5.74) is 5.95.